The Labute approximate surface area is 213 Å². The van der Waals surface area contributed by atoms with Crippen molar-refractivity contribution in [2.75, 3.05) is 17.7 Å². The Morgan fingerprint density at radius 1 is 0.914 bits per heavy atom. The Hall–Kier alpha value is -3.81. The van der Waals surface area contributed by atoms with Crippen LogP contribution in [0.1, 0.15) is 21.5 Å². The molecule has 0 saturated heterocycles. The fraction of sp³-hybridized carbons (Fsp3) is 0.115. The van der Waals surface area contributed by atoms with Crippen molar-refractivity contribution in [3.63, 3.8) is 0 Å². The number of ether oxygens (including phenoxy) is 1. The molecule has 7 nitrogen and oxygen atoms in total. The molecule has 35 heavy (non-hydrogen) atoms. The van der Waals surface area contributed by atoms with Crippen LogP contribution in [0.15, 0.2) is 78.9 Å². The molecule has 0 saturated carbocycles. The lowest BCUT2D eigenvalue weighted by molar-refractivity contribution is 0.0957. The standard InChI is InChI=1S/C26H23Cl2N5O2/c1-35-21-13-10-18(11-14-21)12-15-24(34)33-26(30-17-20-7-3-5-9-23(20)28)31-25(32-33)29-16-19-6-2-4-8-22(19)27/h2-15H,16-17H2,1H3,(H2,29,30,31,32)/b15-12+. The smallest absolute Gasteiger partial charge is 0.274 e. The molecular weight excluding hydrogens is 485 g/mol. The van der Waals surface area contributed by atoms with Gasteiger partial charge in [0.2, 0.25) is 11.9 Å². The van der Waals surface area contributed by atoms with E-state index in [1.165, 1.54) is 10.8 Å². The van der Waals surface area contributed by atoms with Gasteiger partial charge in [-0.3, -0.25) is 4.79 Å². The van der Waals surface area contributed by atoms with Crippen LogP contribution in [0.3, 0.4) is 0 Å². The van der Waals surface area contributed by atoms with Gasteiger partial charge >= 0.3 is 0 Å². The number of halogens is 2. The lowest BCUT2D eigenvalue weighted by Gasteiger charge is -2.07. The van der Waals surface area contributed by atoms with Crippen molar-refractivity contribution in [1.29, 1.82) is 0 Å². The summed E-state index contributed by atoms with van der Waals surface area (Å²) in [5, 5.41) is 11.9. The zero-order valence-electron chi connectivity index (χ0n) is 18.9. The molecule has 1 heterocycles. The first-order valence-electron chi connectivity index (χ1n) is 10.8. The molecule has 0 amide bonds. The molecule has 0 aliphatic rings. The van der Waals surface area contributed by atoms with E-state index in [1.54, 1.807) is 13.2 Å². The summed E-state index contributed by atoms with van der Waals surface area (Å²) in [4.78, 5) is 17.5. The molecule has 2 N–H and O–H groups in total. The lowest BCUT2D eigenvalue weighted by atomic mass is 10.2. The van der Waals surface area contributed by atoms with Crippen molar-refractivity contribution < 1.29 is 9.53 Å². The summed E-state index contributed by atoms with van der Waals surface area (Å²) in [6, 6.07) is 22.3. The van der Waals surface area contributed by atoms with E-state index in [0.29, 0.717) is 23.1 Å². The maximum atomic E-state index is 13.0. The fourth-order valence-electron chi connectivity index (χ4n) is 3.24. The molecule has 0 unspecified atom stereocenters. The van der Waals surface area contributed by atoms with Crippen molar-refractivity contribution in [3.05, 3.63) is 106 Å². The average molecular weight is 508 g/mol. The van der Waals surface area contributed by atoms with E-state index in [2.05, 4.69) is 20.7 Å². The Morgan fingerprint density at radius 2 is 1.51 bits per heavy atom. The number of benzene rings is 3. The molecule has 1 aromatic heterocycles. The van der Waals surface area contributed by atoms with E-state index in [9.17, 15) is 4.79 Å². The van der Waals surface area contributed by atoms with E-state index >= 15 is 0 Å². The molecule has 0 radical (unpaired) electrons. The third-order valence-electron chi connectivity index (χ3n) is 5.14. The molecule has 0 atom stereocenters. The summed E-state index contributed by atoms with van der Waals surface area (Å²) < 4.78 is 6.38. The fourth-order valence-corrected chi connectivity index (χ4v) is 3.65. The summed E-state index contributed by atoms with van der Waals surface area (Å²) in [5.74, 6) is 0.958. The maximum Gasteiger partial charge on any atom is 0.274 e. The number of methoxy groups -OCH3 is 1. The second-order valence-electron chi connectivity index (χ2n) is 7.51. The summed E-state index contributed by atoms with van der Waals surface area (Å²) in [6.07, 6.45) is 3.15. The molecule has 0 bridgehead atoms. The minimum absolute atomic E-state index is 0.288. The summed E-state index contributed by atoms with van der Waals surface area (Å²) in [7, 11) is 1.60. The monoisotopic (exact) mass is 507 g/mol. The third-order valence-corrected chi connectivity index (χ3v) is 5.88. The summed E-state index contributed by atoms with van der Waals surface area (Å²) in [5.41, 5.74) is 2.61. The number of carbonyl (C=O) groups excluding carboxylic acids is 1. The number of nitrogens with one attached hydrogen (secondary N) is 2. The van der Waals surface area contributed by atoms with E-state index < -0.39 is 0 Å². The van der Waals surface area contributed by atoms with E-state index in [4.69, 9.17) is 27.9 Å². The number of allylic oxidation sites excluding steroid dienone is 1. The zero-order valence-corrected chi connectivity index (χ0v) is 20.4. The van der Waals surface area contributed by atoms with Gasteiger partial charge in [-0.15, -0.1) is 5.10 Å². The predicted octanol–water partition coefficient (Wildman–Crippen LogP) is 6.17. The van der Waals surface area contributed by atoms with Gasteiger partial charge < -0.3 is 15.4 Å². The largest absolute Gasteiger partial charge is 0.497 e. The van der Waals surface area contributed by atoms with Gasteiger partial charge in [0.1, 0.15) is 5.75 Å². The van der Waals surface area contributed by atoms with Crippen LogP contribution >= 0.6 is 23.2 Å². The highest BCUT2D eigenvalue weighted by Gasteiger charge is 2.15. The predicted molar refractivity (Wildman–Crippen MR) is 140 cm³/mol. The molecule has 178 valence electrons. The highest BCUT2D eigenvalue weighted by molar-refractivity contribution is 6.31. The Balaban J connectivity index is 1.54. The quantitative estimate of drug-likeness (QED) is 0.263. The van der Waals surface area contributed by atoms with E-state index in [-0.39, 0.29) is 17.8 Å². The van der Waals surface area contributed by atoms with Crippen LogP contribution in [0.2, 0.25) is 10.0 Å². The van der Waals surface area contributed by atoms with Gasteiger partial charge in [0, 0.05) is 29.2 Å². The Kier molecular flexibility index (Phi) is 8.03. The average Bonchev–Trinajstić information content (AvgIpc) is 3.30. The van der Waals surface area contributed by atoms with Gasteiger partial charge in [-0.2, -0.15) is 9.67 Å². The first kappa shape index (κ1) is 24.3. The highest BCUT2D eigenvalue weighted by atomic mass is 35.5. The van der Waals surface area contributed by atoms with E-state index in [1.807, 2.05) is 72.8 Å². The summed E-state index contributed by atoms with van der Waals surface area (Å²) in [6.45, 7) is 0.779. The van der Waals surface area contributed by atoms with Crippen LogP contribution in [-0.2, 0) is 13.1 Å². The van der Waals surface area contributed by atoms with Gasteiger partial charge in [-0.05, 0) is 47.0 Å². The Bertz CT molecular complexity index is 1340. The molecule has 0 spiro atoms. The van der Waals surface area contributed by atoms with Gasteiger partial charge in [0.05, 0.1) is 7.11 Å². The van der Waals surface area contributed by atoms with Crippen LogP contribution in [0.25, 0.3) is 6.08 Å². The van der Waals surface area contributed by atoms with Crippen molar-refractivity contribution in [2.45, 2.75) is 13.1 Å². The second-order valence-corrected chi connectivity index (χ2v) is 8.32. The SMILES string of the molecule is COc1ccc(/C=C/C(=O)n2nc(NCc3ccccc3Cl)nc2NCc2ccccc2Cl)cc1. The van der Waals surface area contributed by atoms with Crippen molar-refractivity contribution in [1.82, 2.24) is 14.8 Å². The Morgan fingerprint density at radius 3 is 2.11 bits per heavy atom. The molecule has 0 aliphatic carbocycles. The van der Waals surface area contributed by atoms with Crippen molar-refractivity contribution in [3.8, 4) is 5.75 Å². The lowest BCUT2D eigenvalue weighted by Crippen LogP contribution is -2.14. The number of hydrogen-bond donors (Lipinski definition) is 2. The maximum absolute atomic E-state index is 13.0. The zero-order chi connectivity index (χ0) is 24.6. The second kappa shape index (κ2) is 11.6. The molecule has 0 aliphatic heterocycles. The van der Waals surface area contributed by atoms with Gasteiger partial charge in [-0.1, -0.05) is 71.7 Å². The number of hydrogen-bond acceptors (Lipinski definition) is 6. The summed E-state index contributed by atoms with van der Waals surface area (Å²) >= 11 is 12.5. The number of rotatable bonds is 9. The number of nitrogens with zero attached hydrogens (tertiary/aromatic N) is 3. The molecular formula is C26H23Cl2N5O2. The van der Waals surface area contributed by atoms with Crippen LogP contribution in [0.5, 0.6) is 5.75 Å². The molecule has 9 heteroatoms. The minimum Gasteiger partial charge on any atom is -0.497 e. The molecule has 4 rings (SSSR count). The topological polar surface area (TPSA) is 81.1 Å². The molecule has 4 aromatic rings. The first-order valence-corrected chi connectivity index (χ1v) is 11.6. The van der Waals surface area contributed by atoms with Gasteiger partial charge in [-0.25, -0.2) is 0 Å². The number of anilines is 2. The van der Waals surface area contributed by atoms with E-state index in [0.717, 1.165) is 22.4 Å². The normalized spacial score (nSPS) is 10.9. The first-order chi connectivity index (χ1) is 17.0. The van der Waals surface area contributed by atoms with Crippen molar-refractivity contribution >= 4 is 47.1 Å². The van der Waals surface area contributed by atoms with Crippen LogP contribution in [0, 0.1) is 0 Å². The van der Waals surface area contributed by atoms with Gasteiger partial charge in [0.25, 0.3) is 5.91 Å². The van der Waals surface area contributed by atoms with Crippen LogP contribution < -0.4 is 15.4 Å². The third kappa shape index (κ3) is 6.41. The minimum atomic E-state index is -0.360. The van der Waals surface area contributed by atoms with Crippen LogP contribution in [0.4, 0.5) is 11.9 Å². The van der Waals surface area contributed by atoms with Crippen LogP contribution in [-0.4, -0.2) is 27.8 Å². The highest BCUT2D eigenvalue weighted by Crippen LogP contribution is 2.19. The number of aromatic nitrogens is 3. The van der Waals surface area contributed by atoms with Crippen molar-refractivity contribution in [2.24, 2.45) is 0 Å². The molecule has 3 aromatic carbocycles. The van der Waals surface area contributed by atoms with Gasteiger partial charge in [0.15, 0.2) is 0 Å². The molecule has 0 fully saturated rings. The number of carbonyl (C=O) groups is 1.